The van der Waals surface area contributed by atoms with E-state index in [1.165, 1.54) is 22.2 Å². The fourth-order valence-electron chi connectivity index (χ4n) is 3.34. The average molecular weight is 417 g/mol. The monoisotopic (exact) mass is 416 g/mol. The number of fused-ring (bicyclic) bond motifs is 1. The Morgan fingerprint density at radius 1 is 1.24 bits per heavy atom. The summed E-state index contributed by atoms with van der Waals surface area (Å²) in [5.74, 6) is 0.708. The maximum Gasteiger partial charge on any atom is 0.273 e. The van der Waals surface area contributed by atoms with Crippen LogP contribution in [0.25, 0.3) is 10.3 Å². The lowest BCUT2D eigenvalue weighted by atomic mass is 10.1. The number of hydrogen-bond acceptors (Lipinski definition) is 8. The lowest BCUT2D eigenvalue weighted by Gasteiger charge is -2.25. The molecule has 3 aromatic rings. The van der Waals surface area contributed by atoms with Crippen LogP contribution in [0.1, 0.15) is 11.1 Å². The third-order valence-electron chi connectivity index (χ3n) is 4.70. The zero-order valence-electron chi connectivity index (χ0n) is 16.5. The molecule has 3 heterocycles. The largest absolute Gasteiger partial charge is 0.491 e. The normalized spacial score (nSPS) is 15.6. The number of thiazole rings is 1. The highest BCUT2D eigenvalue weighted by Crippen LogP contribution is 2.25. The van der Waals surface area contributed by atoms with Crippen molar-refractivity contribution in [2.24, 2.45) is 0 Å². The van der Waals surface area contributed by atoms with E-state index in [0.717, 1.165) is 29.3 Å². The summed E-state index contributed by atoms with van der Waals surface area (Å²) in [4.78, 5) is 23.7. The molecule has 4 rings (SSSR count). The van der Waals surface area contributed by atoms with Gasteiger partial charge in [0.05, 0.1) is 19.8 Å². The van der Waals surface area contributed by atoms with Gasteiger partial charge in [0.15, 0.2) is 10.8 Å². The number of morpholine rings is 1. The zero-order valence-corrected chi connectivity index (χ0v) is 17.3. The van der Waals surface area contributed by atoms with Crippen molar-refractivity contribution in [3.05, 3.63) is 46.0 Å². The van der Waals surface area contributed by atoms with Crippen molar-refractivity contribution in [2.45, 2.75) is 26.5 Å². The van der Waals surface area contributed by atoms with Crippen LogP contribution in [0, 0.1) is 13.8 Å². The van der Waals surface area contributed by atoms with Crippen molar-refractivity contribution < 1.29 is 14.6 Å². The standard InChI is InChI=1S/C20H24N4O4S/c1-13-7-14(2)9-16(8-13)28-11-15(25)10-24-12-21-18-17(19(24)26)29-20(22-18)23-3-5-27-6-4-23/h7-9,12,15,25H,3-6,10-11H2,1-2H3. The van der Waals surface area contributed by atoms with Crippen LogP contribution >= 0.6 is 11.3 Å². The second kappa shape index (κ2) is 8.48. The number of ether oxygens (including phenoxy) is 2. The van der Waals surface area contributed by atoms with Gasteiger partial charge in [-0.05, 0) is 37.1 Å². The lowest BCUT2D eigenvalue weighted by molar-refractivity contribution is 0.0914. The maximum absolute atomic E-state index is 12.8. The molecule has 2 aromatic heterocycles. The van der Waals surface area contributed by atoms with Crippen LogP contribution in [0.2, 0.25) is 0 Å². The molecule has 1 N–H and O–H groups in total. The van der Waals surface area contributed by atoms with Gasteiger partial charge in [-0.1, -0.05) is 17.4 Å². The maximum atomic E-state index is 12.8. The first-order chi connectivity index (χ1) is 14.0. The Balaban J connectivity index is 1.45. The Labute approximate surface area is 172 Å². The number of rotatable bonds is 6. The number of aliphatic hydroxyl groups is 1. The predicted molar refractivity (Wildman–Crippen MR) is 112 cm³/mol. The predicted octanol–water partition coefficient (Wildman–Crippen LogP) is 1.75. The van der Waals surface area contributed by atoms with Gasteiger partial charge in [-0.15, -0.1) is 0 Å². The molecule has 0 amide bonds. The molecule has 1 aliphatic rings. The van der Waals surface area contributed by atoms with Gasteiger partial charge < -0.3 is 19.5 Å². The van der Waals surface area contributed by atoms with Gasteiger partial charge in [-0.25, -0.2) is 4.98 Å². The summed E-state index contributed by atoms with van der Waals surface area (Å²) >= 11 is 1.34. The third-order valence-corrected chi connectivity index (χ3v) is 5.79. The summed E-state index contributed by atoms with van der Waals surface area (Å²) in [7, 11) is 0. The number of aliphatic hydroxyl groups excluding tert-OH is 1. The summed E-state index contributed by atoms with van der Waals surface area (Å²) < 4.78 is 13.0. The fraction of sp³-hybridized carbons (Fsp3) is 0.450. The van der Waals surface area contributed by atoms with Crippen LogP contribution in [0.3, 0.4) is 0 Å². The van der Waals surface area contributed by atoms with E-state index < -0.39 is 6.10 Å². The molecule has 29 heavy (non-hydrogen) atoms. The first-order valence-corrected chi connectivity index (χ1v) is 10.4. The third kappa shape index (κ3) is 4.58. The minimum Gasteiger partial charge on any atom is -0.491 e. The molecule has 1 saturated heterocycles. The molecule has 0 aliphatic carbocycles. The van der Waals surface area contributed by atoms with E-state index in [4.69, 9.17) is 9.47 Å². The molecule has 8 nitrogen and oxygen atoms in total. The van der Waals surface area contributed by atoms with Gasteiger partial charge in [0.25, 0.3) is 5.56 Å². The number of benzene rings is 1. The fourth-order valence-corrected chi connectivity index (χ4v) is 4.36. The summed E-state index contributed by atoms with van der Waals surface area (Å²) in [6.45, 7) is 7.01. The topological polar surface area (TPSA) is 89.7 Å². The van der Waals surface area contributed by atoms with Crippen molar-refractivity contribution in [1.82, 2.24) is 14.5 Å². The molecule has 1 fully saturated rings. The molecular formula is C20H24N4O4S. The Hall–Kier alpha value is -2.49. The summed E-state index contributed by atoms with van der Waals surface area (Å²) in [6, 6.07) is 5.90. The smallest absolute Gasteiger partial charge is 0.273 e. The van der Waals surface area contributed by atoms with Crippen LogP contribution in [0.15, 0.2) is 29.3 Å². The van der Waals surface area contributed by atoms with Gasteiger partial charge in [0.1, 0.15) is 29.5 Å². The average Bonchev–Trinajstić information content (AvgIpc) is 3.14. The SMILES string of the molecule is Cc1cc(C)cc(OCC(O)Cn2cnc3nc(N4CCOCC4)sc3c2=O)c1. The molecule has 1 unspecified atom stereocenters. The highest BCUT2D eigenvalue weighted by atomic mass is 32.1. The molecule has 154 valence electrons. The number of aromatic nitrogens is 3. The van der Waals surface area contributed by atoms with E-state index in [1.807, 2.05) is 26.0 Å². The molecule has 0 saturated carbocycles. The summed E-state index contributed by atoms with van der Waals surface area (Å²) in [6.07, 6.45) is 0.604. The Kier molecular flexibility index (Phi) is 5.79. The Bertz CT molecular complexity index is 1040. The van der Waals surface area contributed by atoms with Crippen LogP contribution in [-0.2, 0) is 11.3 Å². The molecule has 0 spiro atoms. The quantitative estimate of drug-likeness (QED) is 0.655. The van der Waals surface area contributed by atoms with Crippen LogP contribution in [0.4, 0.5) is 5.13 Å². The number of nitrogens with zero attached hydrogens (tertiary/aromatic N) is 4. The number of aryl methyl sites for hydroxylation is 2. The summed E-state index contributed by atoms with van der Waals surface area (Å²) in [5.41, 5.74) is 2.44. The molecule has 1 aliphatic heterocycles. The van der Waals surface area contributed by atoms with E-state index >= 15 is 0 Å². The van der Waals surface area contributed by atoms with E-state index in [2.05, 4.69) is 20.9 Å². The van der Waals surface area contributed by atoms with Crippen molar-refractivity contribution in [3.8, 4) is 5.75 Å². The van der Waals surface area contributed by atoms with Crippen molar-refractivity contribution in [1.29, 1.82) is 0 Å². The highest BCUT2D eigenvalue weighted by molar-refractivity contribution is 7.22. The zero-order chi connectivity index (χ0) is 20.4. The molecule has 0 bridgehead atoms. The van der Waals surface area contributed by atoms with Crippen molar-refractivity contribution >= 4 is 26.8 Å². The number of hydrogen-bond donors (Lipinski definition) is 1. The molecule has 0 radical (unpaired) electrons. The molecule has 9 heteroatoms. The lowest BCUT2D eigenvalue weighted by Crippen LogP contribution is -2.36. The van der Waals surface area contributed by atoms with Crippen molar-refractivity contribution in [2.75, 3.05) is 37.8 Å². The van der Waals surface area contributed by atoms with E-state index in [-0.39, 0.29) is 18.7 Å². The van der Waals surface area contributed by atoms with Gasteiger partial charge in [0.2, 0.25) is 0 Å². The summed E-state index contributed by atoms with van der Waals surface area (Å²) in [5, 5.41) is 11.1. The molecular weight excluding hydrogens is 392 g/mol. The number of anilines is 1. The van der Waals surface area contributed by atoms with E-state index in [0.29, 0.717) is 29.3 Å². The van der Waals surface area contributed by atoms with Gasteiger partial charge >= 0.3 is 0 Å². The van der Waals surface area contributed by atoms with Crippen LogP contribution in [-0.4, -0.2) is 58.7 Å². The Morgan fingerprint density at radius 2 is 1.97 bits per heavy atom. The molecule has 1 aromatic carbocycles. The van der Waals surface area contributed by atoms with Crippen molar-refractivity contribution in [3.63, 3.8) is 0 Å². The minimum absolute atomic E-state index is 0.0923. The minimum atomic E-state index is -0.834. The van der Waals surface area contributed by atoms with Crippen LogP contribution < -0.4 is 15.2 Å². The molecule has 1 atom stereocenters. The van der Waals surface area contributed by atoms with E-state index in [9.17, 15) is 9.90 Å². The Morgan fingerprint density at radius 3 is 2.69 bits per heavy atom. The first kappa shape index (κ1) is 19.8. The van der Waals surface area contributed by atoms with Gasteiger partial charge in [0, 0.05) is 13.1 Å². The van der Waals surface area contributed by atoms with Gasteiger partial charge in [-0.3, -0.25) is 9.36 Å². The highest BCUT2D eigenvalue weighted by Gasteiger charge is 2.19. The second-order valence-corrected chi connectivity index (χ2v) is 8.22. The first-order valence-electron chi connectivity index (χ1n) is 9.57. The van der Waals surface area contributed by atoms with E-state index in [1.54, 1.807) is 0 Å². The van der Waals surface area contributed by atoms with Gasteiger partial charge in [-0.2, -0.15) is 4.98 Å². The second-order valence-electron chi connectivity index (χ2n) is 7.24. The van der Waals surface area contributed by atoms with Crippen LogP contribution in [0.5, 0.6) is 5.75 Å².